The van der Waals surface area contributed by atoms with E-state index in [-0.39, 0.29) is 30.9 Å². The van der Waals surface area contributed by atoms with Crippen molar-refractivity contribution in [2.24, 2.45) is 5.92 Å². The normalized spacial score (nSPS) is 19.1. The lowest BCUT2D eigenvalue weighted by atomic mass is 10.0. The third-order valence-corrected chi connectivity index (χ3v) is 5.05. The van der Waals surface area contributed by atoms with Gasteiger partial charge in [-0.2, -0.15) is 0 Å². The molecule has 31 heavy (non-hydrogen) atoms. The van der Waals surface area contributed by atoms with Gasteiger partial charge in [-0.25, -0.2) is 0 Å². The molecule has 0 unspecified atom stereocenters. The van der Waals surface area contributed by atoms with E-state index in [2.05, 4.69) is 10.6 Å². The Kier molecular flexibility index (Phi) is 8.03. The first-order valence-corrected chi connectivity index (χ1v) is 10.6. The molecule has 1 aliphatic rings. The van der Waals surface area contributed by atoms with Crippen molar-refractivity contribution in [3.8, 4) is 5.75 Å². The number of rotatable bonds is 9. The van der Waals surface area contributed by atoms with Crippen LogP contribution in [0.4, 0.5) is 0 Å². The number of benzene rings is 2. The van der Waals surface area contributed by atoms with Crippen LogP contribution in [-0.2, 0) is 16.1 Å². The van der Waals surface area contributed by atoms with Gasteiger partial charge in [0, 0.05) is 5.56 Å². The molecule has 166 valence electrons. The minimum atomic E-state index is -0.738. The molecular formula is C24H30N2O5. The Bertz CT molecular complexity index is 871. The largest absolute Gasteiger partial charge is 0.489 e. The fourth-order valence-electron chi connectivity index (χ4n) is 3.38. The standard InChI is InChI=1S/C24H30N2O5/c1-16(2)11-20(24(29)26-21-14-30-15-22(21)27)25-23(28)18-9-6-10-19(12-18)31-13-17-7-4-3-5-8-17/h3-10,12,16,20-22,27H,11,13-15H2,1-2H3,(H,25,28)(H,26,29)/t20-,21+,22+/m0/s1. The third-order valence-electron chi connectivity index (χ3n) is 5.05. The van der Waals surface area contributed by atoms with E-state index in [1.54, 1.807) is 24.3 Å². The van der Waals surface area contributed by atoms with E-state index in [4.69, 9.17) is 9.47 Å². The zero-order chi connectivity index (χ0) is 22.2. The summed E-state index contributed by atoms with van der Waals surface area (Å²) in [6.07, 6.45) is -0.261. The highest BCUT2D eigenvalue weighted by atomic mass is 16.5. The second kappa shape index (κ2) is 10.9. The topological polar surface area (TPSA) is 96.9 Å². The van der Waals surface area contributed by atoms with Gasteiger partial charge in [-0.15, -0.1) is 0 Å². The second-order valence-corrected chi connectivity index (χ2v) is 8.18. The zero-order valence-electron chi connectivity index (χ0n) is 17.9. The Balaban J connectivity index is 1.63. The molecule has 1 fully saturated rings. The molecule has 3 N–H and O–H groups in total. The molecule has 1 aliphatic heterocycles. The summed E-state index contributed by atoms with van der Waals surface area (Å²) >= 11 is 0. The smallest absolute Gasteiger partial charge is 0.252 e. The van der Waals surface area contributed by atoms with Crippen molar-refractivity contribution in [1.82, 2.24) is 10.6 Å². The second-order valence-electron chi connectivity index (χ2n) is 8.18. The summed E-state index contributed by atoms with van der Waals surface area (Å²) < 4.78 is 11.0. The maximum Gasteiger partial charge on any atom is 0.252 e. The van der Waals surface area contributed by atoms with Crippen molar-refractivity contribution in [3.63, 3.8) is 0 Å². The van der Waals surface area contributed by atoms with Gasteiger partial charge in [0.15, 0.2) is 0 Å². The van der Waals surface area contributed by atoms with E-state index >= 15 is 0 Å². The van der Waals surface area contributed by atoms with Crippen molar-refractivity contribution in [1.29, 1.82) is 0 Å². The van der Waals surface area contributed by atoms with Gasteiger partial charge in [0.1, 0.15) is 18.4 Å². The van der Waals surface area contributed by atoms with Crippen molar-refractivity contribution in [2.45, 2.75) is 45.1 Å². The number of ether oxygens (including phenoxy) is 2. The van der Waals surface area contributed by atoms with Crippen LogP contribution in [0.1, 0.15) is 36.2 Å². The van der Waals surface area contributed by atoms with Crippen molar-refractivity contribution < 1.29 is 24.2 Å². The molecule has 0 aliphatic carbocycles. The fraction of sp³-hybridized carbons (Fsp3) is 0.417. The van der Waals surface area contributed by atoms with Crippen molar-refractivity contribution in [3.05, 3.63) is 65.7 Å². The minimum Gasteiger partial charge on any atom is -0.489 e. The molecule has 2 aromatic carbocycles. The van der Waals surface area contributed by atoms with Crippen LogP contribution in [0.3, 0.4) is 0 Å². The summed E-state index contributed by atoms with van der Waals surface area (Å²) in [4.78, 5) is 25.6. The summed E-state index contributed by atoms with van der Waals surface area (Å²) in [7, 11) is 0. The Labute approximate surface area is 182 Å². The van der Waals surface area contributed by atoms with Gasteiger partial charge < -0.3 is 25.2 Å². The summed E-state index contributed by atoms with van der Waals surface area (Å²) in [5.41, 5.74) is 1.44. The number of aliphatic hydroxyl groups excluding tert-OH is 1. The van der Waals surface area contributed by atoms with Gasteiger partial charge >= 0.3 is 0 Å². The lowest BCUT2D eigenvalue weighted by molar-refractivity contribution is -0.124. The lowest BCUT2D eigenvalue weighted by Crippen LogP contribution is -2.52. The molecular weight excluding hydrogens is 396 g/mol. The zero-order valence-corrected chi connectivity index (χ0v) is 17.9. The van der Waals surface area contributed by atoms with Gasteiger partial charge in [-0.05, 0) is 36.1 Å². The monoisotopic (exact) mass is 426 g/mol. The van der Waals surface area contributed by atoms with Crippen molar-refractivity contribution in [2.75, 3.05) is 13.2 Å². The van der Waals surface area contributed by atoms with Gasteiger partial charge in [-0.1, -0.05) is 50.2 Å². The van der Waals surface area contributed by atoms with Crippen LogP contribution in [0, 0.1) is 5.92 Å². The van der Waals surface area contributed by atoms with Gasteiger partial charge in [0.05, 0.1) is 25.4 Å². The number of aliphatic hydroxyl groups is 1. The predicted octanol–water partition coefficient (Wildman–Crippen LogP) is 2.29. The molecule has 0 radical (unpaired) electrons. The van der Waals surface area contributed by atoms with Crippen LogP contribution < -0.4 is 15.4 Å². The van der Waals surface area contributed by atoms with Crippen LogP contribution in [0.25, 0.3) is 0 Å². The summed E-state index contributed by atoms with van der Waals surface area (Å²) in [6, 6.07) is 15.5. The average Bonchev–Trinajstić information content (AvgIpc) is 3.16. The summed E-state index contributed by atoms with van der Waals surface area (Å²) in [5, 5.41) is 15.5. The van der Waals surface area contributed by atoms with E-state index in [1.807, 2.05) is 44.2 Å². The fourth-order valence-corrected chi connectivity index (χ4v) is 3.38. The number of hydrogen-bond acceptors (Lipinski definition) is 5. The Morgan fingerprint density at radius 1 is 1.13 bits per heavy atom. The number of amides is 2. The summed E-state index contributed by atoms with van der Waals surface area (Å²) in [5.74, 6) is 0.0937. The molecule has 0 aromatic heterocycles. The SMILES string of the molecule is CC(C)C[C@H](NC(=O)c1cccc(OCc2ccccc2)c1)C(=O)N[C@@H]1COC[C@H]1O. The molecule has 1 heterocycles. The van der Waals surface area contributed by atoms with E-state index in [0.717, 1.165) is 5.56 Å². The number of carbonyl (C=O) groups is 2. The molecule has 3 atom stereocenters. The molecule has 3 rings (SSSR count). The van der Waals surface area contributed by atoms with E-state index in [1.165, 1.54) is 0 Å². The molecule has 7 nitrogen and oxygen atoms in total. The van der Waals surface area contributed by atoms with Gasteiger partial charge in [-0.3, -0.25) is 9.59 Å². The highest BCUT2D eigenvalue weighted by Gasteiger charge is 2.31. The highest BCUT2D eigenvalue weighted by Crippen LogP contribution is 2.16. The lowest BCUT2D eigenvalue weighted by Gasteiger charge is -2.23. The summed E-state index contributed by atoms with van der Waals surface area (Å²) in [6.45, 7) is 4.82. The molecule has 0 spiro atoms. The van der Waals surface area contributed by atoms with Gasteiger partial charge in [0.25, 0.3) is 5.91 Å². The van der Waals surface area contributed by atoms with Crippen LogP contribution in [0.15, 0.2) is 54.6 Å². The van der Waals surface area contributed by atoms with Crippen LogP contribution in [0.2, 0.25) is 0 Å². The highest BCUT2D eigenvalue weighted by molar-refractivity contribution is 5.97. The Morgan fingerprint density at radius 2 is 1.90 bits per heavy atom. The first-order chi connectivity index (χ1) is 14.9. The van der Waals surface area contributed by atoms with E-state index in [0.29, 0.717) is 24.3 Å². The Hall–Kier alpha value is -2.90. The first-order valence-electron chi connectivity index (χ1n) is 10.6. The third kappa shape index (κ3) is 6.80. The predicted molar refractivity (Wildman–Crippen MR) is 117 cm³/mol. The van der Waals surface area contributed by atoms with Crippen LogP contribution in [-0.4, -0.2) is 48.3 Å². The number of carbonyl (C=O) groups excluding carboxylic acids is 2. The molecule has 2 amide bonds. The van der Waals surface area contributed by atoms with E-state index < -0.39 is 18.2 Å². The van der Waals surface area contributed by atoms with Crippen LogP contribution >= 0.6 is 0 Å². The first kappa shape index (κ1) is 22.8. The molecule has 1 saturated heterocycles. The van der Waals surface area contributed by atoms with Gasteiger partial charge in [0.2, 0.25) is 5.91 Å². The minimum absolute atomic E-state index is 0.196. The van der Waals surface area contributed by atoms with Crippen LogP contribution in [0.5, 0.6) is 5.75 Å². The quantitative estimate of drug-likeness (QED) is 0.572. The van der Waals surface area contributed by atoms with Crippen molar-refractivity contribution >= 4 is 11.8 Å². The molecule has 0 saturated carbocycles. The molecule has 2 aromatic rings. The number of hydrogen-bond donors (Lipinski definition) is 3. The maximum atomic E-state index is 12.8. The average molecular weight is 427 g/mol. The Morgan fingerprint density at radius 3 is 2.58 bits per heavy atom. The maximum absolute atomic E-state index is 12.8. The molecule has 0 bridgehead atoms. The molecule has 7 heteroatoms. The van der Waals surface area contributed by atoms with E-state index in [9.17, 15) is 14.7 Å². The number of nitrogens with one attached hydrogen (secondary N) is 2.